The zero-order chi connectivity index (χ0) is 27.2. The minimum atomic E-state index is -0.686. The first kappa shape index (κ1) is 27.0. The van der Waals surface area contributed by atoms with Crippen molar-refractivity contribution in [1.29, 1.82) is 5.26 Å². The number of nitrogens with zero attached hydrogens (tertiary/aromatic N) is 1. The van der Waals surface area contributed by atoms with Crippen LogP contribution in [0.2, 0.25) is 0 Å². The van der Waals surface area contributed by atoms with Gasteiger partial charge < -0.3 is 10.4 Å². The van der Waals surface area contributed by atoms with Gasteiger partial charge in [-0.05, 0) is 116 Å². The van der Waals surface area contributed by atoms with E-state index < -0.39 is 6.10 Å². The zero-order valence-electron chi connectivity index (χ0n) is 24.4. The molecule has 5 rings (SSSR count). The molecule has 0 heterocycles. The lowest BCUT2D eigenvalue weighted by atomic mass is 9.32. The van der Waals surface area contributed by atoms with Crippen LogP contribution in [0.3, 0.4) is 0 Å². The van der Waals surface area contributed by atoms with Gasteiger partial charge in [-0.1, -0.05) is 52.8 Å². The topological polar surface area (TPSA) is 73.1 Å². The highest BCUT2D eigenvalue weighted by atomic mass is 16.3. The van der Waals surface area contributed by atoms with Crippen LogP contribution in [0.15, 0.2) is 23.8 Å². The number of carbonyl (C=O) groups excluding carboxylic acids is 1. The number of nitriles is 1. The number of allylic oxidation sites excluding steroid dienone is 2. The lowest BCUT2D eigenvalue weighted by Gasteiger charge is -2.72. The van der Waals surface area contributed by atoms with Gasteiger partial charge in [0, 0.05) is 6.54 Å². The van der Waals surface area contributed by atoms with Crippen molar-refractivity contribution in [1.82, 2.24) is 5.32 Å². The molecule has 1 amide bonds. The van der Waals surface area contributed by atoms with E-state index in [2.05, 4.69) is 65.6 Å². The molecule has 0 aromatic rings. The molecule has 10 unspecified atom stereocenters. The van der Waals surface area contributed by atoms with E-state index in [4.69, 9.17) is 0 Å². The summed E-state index contributed by atoms with van der Waals surface area (Å²) >= 11 is 0. The summed E-state index contributed by atoms with van der Waals surface area (Å²) in [4.78, 5) is 13.7. The van der Waals surface area contributed by atoms with Gasteiger partial charge in [0.05, 0.1) is 23.2 Å². The Labute approximate surface area is 225 Å². The maximum absolute atomic E-state index is 13.7. The fourth-order valence-electron chi connectivity index (χ4n) is 11.6. The van der Waals surface area contributed by atoms with Gasteiger partial charge in [0.15, 0.2) is 0 Å². The van der Waals surface area contributed by atoms with E-state index in [-0.39, 0.29) is 27.1 Å². The number of amides is 1. The van der Waals surface area contributed by atoms with Crippen molar-refractivity contribution >= 4 is 5.91 Å². The largest absolute Gasteiger partial charge is 0.387 e. The van der Waals surface area contributed by atoms with Crippen LogP contribution in [0, 0.1) is 68.0 Å². The average Bonchev–Trinajstić information content (AvgIpc) is 3.23. The Morgan fingerprint density at radius 2 is 1.76 bits per heavy atom. The summed E-state index contributed by atoms with van der Waals surface area (Å²) in [5.41, 5.74) is 1.43. The molecule has 0 radical (unpaired) electrons. The molecule has 204 valence electrons. The molecule has 37 heavy (non-hydrogen) atoms. The first-order valence-electron chi connectivity index (χ1n) is 15.0. The van der Waals surface area contributed by atoms with E-state index in [0.29, 0.717) is 47.6 Å². The molecule has 5 aliphatic rings. The minimum absolute atomic E-state index is 0.105. The fraction of sp³-hybridized carbons (Fsp3) is 0.818. The van der Waals surface area contributed by atoms with Gasteiger partial charge in [0.2, 0.25) is 5.91 Å². The van der Waals surface area contributed by atoms with Gasteiger partial charge in [0.1, 0.15) is 0 Å². The third kappa shape index (κ3) is 3.25. The first-order valence-corrected chi connectivity index (χ1v) is 15.0. The number of fused-ring (bicyclic) bond motifs is 7. The van der Waals surface area contributed by atoms with E-state index in [0.717, 1.165) is 51.4 Å². The van der Waals surface area contributed by atoms with E-state index in [1.807, 2.05) is 6.92 Å². The van der Waals surface area contributed by atoms with Crippen molar-refractivity contribution in [2.24, 2.45) is 56.7 Å². The van der Waals surface area contributed by atoms with Crippen molar-refractivity contribution in [3.8, 4) is 6.07 Å². The second kappa shape index (κ2) is 8.45. The Kier molecular flexibility index (Phi) is 6.16. The molecule has 10 atom stereocenters. The first-order chi connectivity index (χ1) is 17.2. The van der Waals surface area contributed by atoms with Crippen molar-refractivity contribution in [3.63, 3.8) is 0 Å². The lowest BCUT2D eigenvalue weighted by Crippen LogP contribution is -2.67. The summed E-state index contributed by atoms with van der Waals surface area (Å²) in [5.74, 6) is 2.42. The second-order valence-corrected chi connectivity index (χ2v) is 15.0. The molecule has 4 saturated carbocycles. The highest BCUT2D eigenvalue weighted by Gasteiger charge is 2.71. The zero-order valence-corrected chi connectivity index (χ0v) is 24.4. The number of carbonyl (C=O) groups is 1. The third-order valence-corrected chi connectivity index (χ3v) is 13.5. The quantitative estimate of drug-likeness (QED) is 0.413. The molecule has 0 aromatic carbocycles. The van der Waals surface area contributed by atoms with Crippen LogP contribution in [0.5, 0.6) is 0 Å². The molecule has 0 bridgehead atoms. The summed E-state index contributed by atoms with van der Waals surface area (Å²) in [7, 11) is 0. The molecule has 0 aromatic heterocycles. The maximum Gasteiger partial charge on any atom is 0.226 e. The molecule has 4 nitrogen and oxygen atoms in total. The van der Waals surface area contributed by atoms with Crippen LogP contribution in [0.4, 0.5) is 0 Å². The smallest absolute Gasteiger partial charge is 0.226 e. The predicted molar refractivity (Wildman–Crippen MR) is 148 cm³/mol. The Balaban J connectivity index is 1.60. The van der Waals surface area contributed by atoms with Gasteiger partial charge in [-0.25, -0.2) is 0 Å². The van der Waals surface area contributed by atoms with E-state index in [9.17, 15) is 15.2 Å². The number of hydrogen-bond donors (Lipinski definition) is 2. The number of hydrogen-bond acceptors (Lipinski definition) is 3. The predicted octanol–water partition coefficient (Wildman–Crippen LogP) is 6.81. The van der Waals surface area contributed by atoms with E-state index in [1.165, 1.54) is 5.57 Å². The number of nitrogens with one attached hydrogen (secondary N) is 1. The molecular formula is C33H50N2O2. The van der Waals surface area contributed by atoms with Crippen molar-refractivity contribution in [2.45, 2.75) is 106 Å². The Bertz CT molecular complexity index is 1070. The molecule has 4 heteroatoms. The fourth-order valence-corrected chi connectivity index (χ4v) is 11.6. The van der Waals surface area contributed by atoms with Gasteiger partial charge in [0.25, 0.3) is 0 Å². The van der Waals surface area contributed by atoms with Gasteiger partial charge in [-0.2, -0.15) is 5.26 Å². The molecule has 4 fully saturated rings. The van der Waals surface area contributed by atoms with Crippen LogP contribution in [0.25, 0.3) is 0 Å². The summed E-state index contributed by atoms with van der Waals surface area (Å²) in [5, 5.41) is 24.3. The standard InChI is InChI=1S/C33H50N2O2/c1-9-35-28(37)33-15-12-22(20(2)3)26(33)23-10-11-25-30(6)18-21(19-34)27(36)29(4,5)24(30)13-14-32(25,8)31(23,7)16-17-33/h18,22-27,36H,2,9-17H2,1,3-8H3,(H,35,37). The molecule has 0 saturated heterocycles. The lowest BCUT2D eigenvalue weighted by molar-refractivity contribution is -0.224. The third-order valence-electron chi connectivity index (χ3n) is 13.5. The normalized spacial score (nSPS) is 49.9. The van der Waals surface area contributed by atoms with Crippen molar-refractivity contribution in [3.05, 3.63) is 23.8 Å². The van der Waals surface area contributed by atoms with Gasteiger partial charge in [-0.3, -0.25) is 4.79 Å². The highest BCUT2D eigenvalue weighted by molar-refractivity contribution is 5.83. The maximum atomic E-state index is 13.7. The Morgan fingerprint density at radius 1 is 1.05 bits per heavy atom. The van der Waals surface area contributed by atoms with Crippen LogP contribution in [-0.2, 0) is 4.79 Å². The van der Waals surface area contributed by atoms with Gasteiger partial charge >= 0.3 is 0 Å². The number of rotatable bonds is 3. The SMILES string of the molecule is C=C(C)C1CCC2(C(=O)NCC)CCC3(C)C(CCC4C5(C)C=C(C#N)C(O)C(C)(C)C5CCC43C)C12. The molecule has 2 N–H and O–H groups in total. The van der Waals surface area contributed by atoms with E-state index in [1.54, 1.807) is 0 Å². The van der Waals surface area contributed by atoms with Crippen molar-refractivity contribution in [2.75, 3.05) is 6.54 Å². The van der Waals surface area contributed by atoms with Crippen LogP contribution >= 0.6 is 0 Å². The number of aliphatic hydroxyl groups excluding tert-OH is 1. The summed E-state index contributed by atoms with van der Waals surface area (Å²) in [6.45, 7) is 21.3. The molecule has 0 aliphatic heterocycles. The Hall–Kier alpha value is -1.60. The number of aliphatic hydroxyl groups is 1. The van der Waals surface area contributed by atoms with Gasteiger partial charge in [-0.15, -0.1) is 0 Å². The minimum Gasteiger partial charge on any atom is -0.387 e. The van der Waals surface area contributed by atoms with Crippen LogP contribution in [0.1, 0.15) is 99.8 Å². The average molecular weight is 507 g/mol. The van der Waals surface area contributed by atoms with Crippen LogP contribution < -0.4 is 5.32 Å². The molecule has 5 aliphatic carbocycles. The monoisotopic (exact) mass is 506 g/mol. The molecule has 0 spiro atoms. The van der Waals surface area contributed by atoms with E-state index >= 15 is 0 Å². The second-order valence-electron chi connectivity index (χ2n) is 15.0. The highest BCUT2D eigenvalue weighted by Crippen LogP contribution is 2.77. The van der Waals surface area contributed by atoms with Crippen molar-refractivity contribution < 1.29 is 9.90 Å². The Morgan fingerprint density at radius 3 is 2.38 bits per heavy atom. The summed E-state index contributed by atoms with van der Waals surface area (Å²) in [6, 6.07) is 2.38. The summed E-state index contributed by atoms with van der Waals surface area (Å²) in [6.07, 6.45) is 10.2. The summed E-state index contributed by atoms with van der Waals surface area (Å²) < 4.78 is 0. The molecular weight excluding hydrogens is 456 g/mol. The van der Waals surface area contributed by atoms with Crippen LogP contribution in [-0.4, -0.2) is 23.7 Å².